The van der Waals surface area contributed by atoms with Crippen molar-refractivity contribution in [2.75, 3.05) is 18.1 Å². The molecular formula is C23H22FN3O4. The van der Waals surface area contributed by atoms with Gasteiger partial charge in [0.15, 0.2) is 0 Å². The first-order valence-corrected chi connectivity index (χ1v) is 10.4. The molecule has 0 unspecified atom stereocenters. The van der Waals surface area contributed by atoms with Gasteiger partial charge in [0.1, 0.15) is 18.0 Å². The van der Waals surface area contributed by atoms with Crippen molar-refractivity contribution in [1.82, 2.24) is 9.55 Å². The van der Waals surface area contributed by atoms with E-state index in [1.807, 2.05) is 21.6 Å². The Morgan fingerprint density at radius 1 is 1.26 bits per heavy atom. The summed E-state index contributed by atoms with van der Waals surface area (Å²) in [6.45, 7) is 1.06. The highest BCUT2D eigenvalue weighted by Gasteiger charge is 2.31. The van der Waals surface area contributed by atoms with Crippen LogP contribution in [-0.4, -0.2) is 39.8 Å². The van der Waals surface area contributed by atoms with Gasteiger partial charge in [0.2, 0.25) is 11.3 Å². The molecule has 1 aliphatic carbocycles. The third-order valence-electron chi connectivity index (χ3n) is 6.02. The van der Waals surface area contributed by atoms with Crippen LogP contribution in [0.2, 0.25) is 0 Å². The SMILES string of the molecule is O=C(O)c1cn(C2CC2)c2cc(N3CCC[C@H]3COc3ccccn3)c(F)cc2c1=O. The number of ether oxygens (including phenoxy) is 1. The minimum absolute atomic E-state index is 0.0201. The quantitative estimate of drug-likeness (QED) is 0.652. The molecule has 1 saturated carbocycles. The van der Waals surface area contributed by atoms with Crippen molar-refractivity contribution in [3.05, 3.63) is 64.3 Å². The molecule has 1 N–H and O–H groups in total. The van der Waals surface area contributed by atoms with Crippen molar-refractivity contribution < 1.29 is 19.0 Å². The summed E-state index contributed by atoms with van der Waals surface area (Å²) in [5, 5.41) is 9.51. The van der Waals surface area contributed by atoms with E-state index in [-0.39, 0.29) is 23.0 Å². The maximum Gasteiger partial charge on any atom is 0.341 e. The lowest BCUT2D eigenvalue weighted by Crippen LogP contribution is -2.35. The number of aromatic nitrogens is 2. The zero-order valence-electron chi connectivity index (χ0n) is 16.8. The maximum absolute atomic E-state index is 15.2. The molecule has 8 heteroatoms. The molecule has 0 amide bonds. The van der Waals surface area contributed by atoms with E-state index < -0.39 is 17.2 Å². The number of hydrogen-bond acceptors (Lipinski definition) is 5. The topological polar surface area (TPSA) is 84.7 Å². The van der Waals surface area contributed by atoms with E-state index in [1.165, 1.54) is 12.3 Å². The largest absolute Gasteiger partial charge is 0.477 e. The molecule has 160 valence electrons. The van der Waals surface area contributed by atoms with Crippen LogP contribution in [0.15, 0.2) is 47.5 Å². The number of carbonyl (C=O) groups is 1. The van der Waals surface area contributed by atoms with Gasteiger partial charge in [-0.05, 0) is 43.9 Å². The highest BCUT2D eigenvalue weighted by atomic mass is 19.1. The normalized spacial score (nSPS) is 18.5. The van der Waals surface area contributed by atoms with Gasteiger partial charge in [-0.3, -0.25) is 4.79 Å². The Hall–Kier alpha value is -3.42. The fourth-order valence-electron chi connectivity index (χ4n) is 4.33. The number of fused-ring (bicyclic) bond motifs is 1. The summed E-state index contributed by atoms with van der Waals surface area (Å²) >= 11 is 0. The van der Waals surface area contributed by atoms with Crippen LogP contribution in [0.1, 0.15) is 42.1 Å². The number of anilines is 1. The zero-order valence-corrected chi connectivity index (χ0v) is 16.8. The van der Waals surface area contributed by atoms with Gasteiger partial charge < -0.3 is 19.3 Å². The van der Waals surface area contributed by atoms with Crippen LogP contribution in [0.3, 0.4) is 0 Å². The third-order valence-corrected chi connectivity index (χ3v) is 6.02. The summed E-state index contributed by atoms with van der Waals surface area (Å²) in [7, 11) is 0. The van der Waals surface area contributed by atoms with Gasteiger partial charge in [-0.25, -0.2) is 14.2 Å². The van der Waals surface area contributed by atoms with E-state index in [0.717, 1.165) is 25.7 Å². The Kier molecular flexibility index (Phi) is 4.84. The average Bonchev–Trinajstić information content (AvgIpc) is 3.50. The predicted octanol–water partition coefficient (Wildman–Crippen LogP) is 3.62. The summed E-state index contributed by atoms with van der Waals surface area (Å²) in [6.07, 6.45) is 6.64. The van der Waals surface area contributed by atoms with Crippen molar-refractivity contribution in [1.29, 1.82) is 0 Å². The number of halogens is 1. The van der Waals surface area contributed by atoms with Crippen molar-refractivity contribution in [2.24, 2.45) is 0 Å². The van der Waals surface area contributed by atoms with Gasteiger partial charge >= 0.3 is 5.97 Å². The first-order valence-electron chi connectivity index (χ1n) is 10.4. The molecule has 0 spiro atoms. The number of pyridine rings is 2. The van der Waals surface area contributed by atoms with E-state index in [0.29, 0.717) is 30.2 Å². The minimum atomic E-state index is -1.29. The molecule has 2 aliphatic rings. The number of aromatic carboxylic acids is 1. The number of carboxylic acid groups (broad SMARTS) is 1. The van der Waals surface area contributed by atoms with Crippen LogP contribution in [0.4, 0.5) is 10.1 Å². The lowest BCUT2D eigenvalue weighted by atomic mass is 10.1. The molecule has 2 fully saturated rings. The second-order valence-electron chi connectivity index (χ2n) is 8.10. The van der Waals surface area contributed by atoms with Crippen LogP contribution in [-0.2, 0) is 0 Å². The maximum atomic E-state index is 15.2. The van der Waals surface area contributed by atoms with Crippen LogP contribution in [0, 0.1) is 5.82 Å². The summed E-state index contributed by atoms with van der Waals surface area (Å²) < 4.78 is 22.8. The molecule has 3 aromatic rings. The van der Waals surface area contributed by atoms with Gasteiger partial charge in [-0.1, -0.05) is 6.07 Å². The highest BCUT2D eigenvalue weighted by molar-refractivity contribution is 5.93. The predicted molar refractivity (Wildman–Crippen MR) is 113 cm³/mol. The van der Waals surface area contributed by atoms with Crippen molar-refractivity contribution in [3.8, 4) is 5.88 Å². The number of nitrogens with zero attached hydrogens (tertiary/aromatic N) is 3. The van der Waals surface area contributed by atoms with E-state index >= 15 is 4.39 Å². The first-order chi connectivity index (χ1) is 15.0. The molecule has 5 rings (SSSR count). The Bertz CT molecular complexity index is 1210. The molecule has 0 radical (unpaired) electrons. The van der Waals surface area contributed by atoms with Gasteiger partial charge in [0.25, 0.3) is 0 Å². The van der Waals surface area contributed by atoms with Crippen LogP contribution in [0.5, 0.6) is 5.88 Å². The van der Waals surface area contributed by atoms with Crippen LogP contribution >= 0.6 is 0 Å². The van der Waals surface area contributed by atoms with Crippen molar-refractivity contribution in [3.63, 3.8) is 0 Å². The van der Waals surface area contributed by atoms with E-state index in [2.05, 4.69) is 4.98 Å². The Morgan fingerprint density at radius 2 is 2.10 bits per heavy atom. The monoisotopic (exact) mass is 423 g/mol. The molecule has 1 saturated heterocycles. The molecular weight excluding hydrogens is 401 g/mol. The van der Waals surface area contributed by atoms with Gasteiger partial charge in [-0.15, -0.1) is 0 Å². The van der Waals surface area contributed by atoms with E-state index in [9.17, 15) is 14.7 Å². The number of hydrogen-bond donors (Lipinski definition) is 1. The van der Waals surface area contributed by atoms with Crippen LogP contribution in [0.25, 0.3) is 10.9 Å². The van der Waals surface area contributed by atoms with Crippen LogP contribution < -0.4 is 15.1 Å². The van der Waals surface area contributed by atoms with E-state index in [4.69, 9.17) is 4.74 Å². The molecule has 7 nitrogen and oxygen atoms in total. The Morgan fingerprint density at radius 3 is 2.81 bits per heavy atom. The van der Waals surface area contributed by atoms with Gasteiger partial charge in [0, 0.05) is 36.4 Å². The zero-order chi connectivity index (χ0) is 21.5. The Labute approximate surface area is 177 Å². The molecule has 1 aromatic carbocycles. The second kappa shape index (κ2) is 7.68. The lowest BCUT2D eigenvalue weighted by molar-refractivity contribution is 0.0695. The van der Waals surface area contributed by atoms with Gasteiger partial charge in [-0.2, -0.15) is 0 Å². The van der Waals surface area contributed by atoms with Crippen molar-refractivity contribution in [2.45, 2.75) is 37.8 Å². The molecule has 2 aromatic heterocycles. The standard InChI is InChI=1S/C23H22FN3O4/c24-18-10-16-19(27(14-6-7-14)12-17(22(16)28)23(29)30)11-20(18)26-9-3-4-15(26)13-31-21-5-1-2-8-25-21/h1-2,5,8,10-12,14-15H,3-4,6-7,9,13H2,(H,29,30)/t15-/m0/s1. The number of carboxylic acids is 1. The second-order valence-corrected chi connectivity index (χ2v) is 8.10. The Balaban J connectivity index is 1.53. The first kappa shape index (κ1) is 19.5. The molecule has 31 heavy (non-hydrogen) atoms. The number of rotatable bonds is 6. The summed E-state index contributed by atoms with van der Waals surface area (Å²) in [5.41, 5.74) is 0.0114. The smallest absolute Gasteiger partial charge is 0.341 e. The average molecular weight is 423 g/mol. The van der Waals surface area contributed by atoms with Gasteiger partial charge in [0.05, 0.1) is 17.2 Å². The highest BCUT2D eigenvalue weighted by Crippen LogP contribution is 2.39. The lowest BCUT2D eigenvalue weighted by Gasteiger charge is -2.27. The molecule has 1 aliphatic heterocycles. The summed E-state index contributed by atoms with van der Waals surface area (Å²) in [6, 6.07) is 8.44. The molecule has 3 heterocycles. The third kappa shape index (κ3) is 3.62. The fourth-order valence-corrected chi connectivity index (χ4v) is 4.33. The van der Waals surface area contributed by atoms with E-state index in [1.54, 1.807) is 18.3 Å². The fraction of sp³-hybridized carbons (Fsp3) is 0.348. The summed E-state index contributed by atoms with van der Waals surface area (Å²) in [5.74, 6) is -1.30. The minimum Gasteiger partial charge on any atom is -0.477 e. The van der Waals surface area contributed by atoms with Crippen molar-refractivity contribution >= 4 is 22.6 Å². The molecule has 0 bridgehead atoms. The number of benzene rings is 1. The molecule has 1 atom stereocenters. The summed E-state index contributed by atoms with van der Waals surface area (Å²) in [4.78, 5) is 30.3.